The Morgan fingerprint density at radius 3 is 1.52 bits per heavy atom. The van der Waals surface area contributed by atoms with Crippen LogP contribution in [0.3, 0.4) is 0 Å². The molecule has 0 radical (unpaired) electrons. The van der Waals surface area contributed by atoms with E-state index in [9.17, 15) is 0 Å². The van der Waals surface area contributed by atoms with E-state index in [4.69, 9.17) is 16.2 Å². The summed E-state index contributed by atoms with van der Waals surface area (Å²) in [6, 6.07) is 14.1. The second-order valence-corrected chi connectivity index (χ2v) is 15.5. The Labute approximate surface area is 267 Å². The van der Waals surface area contributed by atoms with Crippen LogP contribution in [0.15, 0.2) is 42.5 Å². The van der Waals surface area contributed by atoms with Crippen molar-refractivity contribution in [1.82, 2.24) is 0 Å². The van der Waals surface area contributed by atoms with Gasteiger partial charge >= 0.3 is 0 Å². The van der Waals surface area contributed by atoms with Crippen LogP contribution < -0.4 is 16.2 Å². The smallest absolute Gasteiger partial charge is 0.150 e. The van der Waals surface area contributed by atoms with E-state index in [1.54, 1.807) is 6.07 Å². The molecule has 0 aliphatic heterocycles. The summed E-state index contributed by atoms with van der Waals surface area (Å²) in [6.45, 7) is 0.866. The van der Waals surface area contributed by atoms with Crippen LogP contribution in [0.5, 0.6) is 11.5 Å². The fraction of sp³-hybridized carbons (Fsp3) is 0.500. The lowest BCUT2D eigenvalue weighted by Gasteiger charge is -2.45. The van der Waals surface area contributed by atoms with Gasteiger partial charge in [-0.15, -0.1) is 0 Å². The molecule has 2 fully saturated rings. The summed E-state index contributed by atoms with van der Waals surface area (Å²) in [5.41, 5.74) is 14.6. The molecule has 0 saturated heterocycles. The Hall–Kier alpha value is -1.19. The van der Waals surface area contributed by atoms with Crippen molar-refractivity contribution in [2.24, 2.45) is 11.8 Å². The highest BCUT2D eigenvalue weighted by Gasteiger charge is 2.47. The Morgan fingerprint density at radius 2 is 1.07 bits per heavy atom. The Morgan fingerprint density at radius 1 is 0.595 bits per heavy atom. The molecule has 4 N–H and O–H groups in total. The molecule has 2 saturated carbocycles. The number of benzene rings is 2. The van der Waals surface area contributed by atoms with Crippen LogP contribution in [0.1, 0.15) is 62.8 Å². The molecular formula is C24H47B15N2O. The van der Waals surface area contributed by atoms with E-state index in [0.717, 1.165) is 68.2 Å². The summed E-state index contributed by atoms with van der Waals surface area (Å²) in [6.07, 6.45) is 16.0. The van der Waals surface area contributed by atoms with E-state index in [2.05, 4.69) is 86.2 Å². The van der Waals surface area contributed by atoms with Gasteiger partial charge < -0.3 is 16.2 Å². The van der Waals surface area contributed by atoms with Crippen molar-refractivity contribution in [3.05, 3.63) is 48.0 Å². The lowest BCUT2D eigenvalue weighted by molar-refractivity contribution is 0.186. The van der Waals surface area contributed by atoms with Crippen LogP contribution >= 0.6 is 0 Å². The number of anilines is 2. The van der Waals surface area contributed by atoms with Gasteiger partial charge in [-0.3, -0.25) is 0 Å². The van der Waals surface area contributed by atoms with Gasteiger partial charge in [-0.25, -0.2) is 0 Å². The lowest BCUT2D eigenvalue weighted by Crippen LogP contribution is -2.75. The van der Waals surface area contributed by atoms with Crippen molar-refractivity contribution < 1.29 is 4.74 Å². The maximum atomic E-state index is 6.08. The summed E-state index contributed by atoms with van der Waals surface area (Å²) >= 11 is 0. The maximum absolute atomic E-state index is 6.08. The van der Waals surface area contributed by atoms with Crippen molar-refractivity contribution in [3.8, 4) is 11.5 Å². The van der Waals surface area contributed by atoms with Crippen molar-refractivity contribution in [2.75, 3.05) is 11.5 Å². The summed E-state index contributed by atoms with van der Waals surface area (Å²) in [5, 5.41) is 0. The molecule has 204 valence electrons. The largest absolute Gasteiger partial charge is 0.455 e. The Balaban J connectivity index is 1.32. The van der Waals surface area contributed by atoms with E-state index in [0.29, 0.717) is 23.0 Å². The van der Waals surface area contributed by atoms with Crippen molar-refractivity contribution in [1.29, 1.82) is 0 Å². The fourth-order valence-electron chi connectivity index (χ4n) is 9.72. The van der Waals surface area contributed by atoms with Gasteiger partial charge in [0, 0.05) is 50.5 Å². The molecule has 0 heterocycles. The molecule has 18 heteroatoms. The van der Waals surface area contributed by atoms with Crippen molar-refractivity contribution >= 4 is 118 Å². The van der Waals surface area contributed by atoms with Crippen LogP contribution in [0.25, 0.3) is 0 Å². The molecule has 0 aromatic heterocycles. The minimum atomic E-state index is 0.571. The third kappa shape index (κ3) is 8.29. The number of rotatable bonds is 11. The minimum absolute atomic E-state index is 0.571. The zero-order chi connectivity index (χ0) is 30.6. The first-order valence-electron chi connectivity index (χ1n) is 17.4. The molecule has 2 aliphatic carbocycles. The van der Waals surface area contributed by atoms with Gasteiger partial charge in [0.1, 0.15) is 11.5 Å². The monoisotopic (exact) mass is 545 g/mol. The normalized spacial score (nSPS) is 22.0. The molecule has 2 aromatic rings. The molecule has 4 rings (SSSR count). The van der Waals surface area contributed by atoms with Crippen LogP contribution in [0, 0.1) is 11.8 Å². The van der Waals surface area contributed by atoms with Gasteiger partial charge in [-0.1, -0.05) is 43.6 Å². The first-order chi connectivity index (χ1) is 20.0. The zero-order valence-corrected chi connectivity index (χ0v) is 28.1. The zero-order valence-electron chi connectivity index (χ0n) is 28.1. The molecule has 0 unspecified atom stereocenters. The molecule has 42 heavy (non-hydrogen) atoms. The Kier molecular flexibility index (Phi) is 12.2. The van der Waals surface area contributed by atoms with Crippen molar-refractivity contribution in [3.63, 3.8) is 0 Å². The standard InChI is InChI=1S/C24H47B15N2O/c25-34(26)38(35(27)28)33(39(36(29)30)37(31)32)20-9-5-18(6-10-20)16-1-3-17(4-2-16)19-7-12-22(13-8-19)42-24-14-11-21(40)15-23(24)41/h7-8,11-18,20H,1-6,9-10,25-32,40-41H2. The predicted octanol–water partition coefficient (Wildman–Crippen LogP) is -3.55. The van der Waals surface area contributed by atoms with Crippen LogP contribution in [0.2, 0.25) is 5.82 Å². The molecule has 2 aliphatic rings. The quantitative estimate of drug-likeness (QED) is 0.229. The van der Waals surface area contributed by atoms with Gasteiger partial charge in [0.05, 0.1) is 67.6 Å². The van der Waals surface area contributed by atoms with E-state index in [-0.39, 0.29) is 0 Å². The third-order valence-electron chi connectivity index (χ3n) is 11.4. The van der Waals surface area contributed by atoms with E-state index in [1.165, 1.54) is 56.9 Å². The molecule has 0 amide bonds. The summed E-state index contributed by atoms with van der Waals surface area (Å²) in [5.74, 6) is 4.94. The highest BCUT2D eigenvalue weighted by atomic mass is 16.5. The van der Waals surface area contributed by atoms with E-state index in [1.807, 2.05) is 12.1 Å². The topological polar surface area (TPSA) is 61.3 Å². The molecule has 3 nitrogen and oxygen atoms in total. The third-order valence-corrected chi connectivity index (χ3v) is 11.4. The molecule has 0 bridgehead atoms. The van der Waals surface area contributed by atoms with Gasteiger partial charge in [-0.2, -0.15) is 0 Å². The molecule has 0 atom stereocenters. The van der Waals surface area contributed by atoms with Gasteiger partial charge in [0.2, 0.25) is 0 Å². The maximum Gasteiger partial charge on any atom is 0.150 e. The molecule has 2 aromatic carbocycles. The van der Waals surface area contributed by atoms with Crippen LogP contribution in [0.4, 0.5) is 11.4 Å². The summed E-state index contributed by atoms with van der Waals surface area (Å²) in [4.78, 5) is 0. The lowest BCUT2D eigenvalue weighted by atomic mass is 8.47. The second-order valence-electron chi connectivity index (χ2n) is 15.5. The minimum Gasteiger partial charge on any atom is -0.455 e. The SMILES string of the molecule is BB(B)B(B(B)B)B(B(B(B)B)B(B)B)C1CCC(C2CCC(c3ccc(Oc4ccc(N)cc4N)cc3)CC2)CC1. The predicted molar refractivity (Wildman–Crippen MR) is 221 cm³/mol. The fourth-order valence-corrected chi connectivity index (χ4v) is 9.72. The van der Waals surface area contributed by atoms with Gasteiger partial charge in [0.25, 0.3) is 0 Å². The highest BCUT2D eigenvalue weighted by Crippen LogP contribution is 2.46. The molecule has 0 spiro atoms. The van der Waals surface area contributed by atoms with Crippen LogP contribution in [-0.4, -0.2) is 107 Å². The first-order valence-corrected chi connectivity index (χ1v) is 17.4. The summed E-state index contributed by atoms with van der Waals surface area (Å²) < 4.78 is 6.03. The number of hydrogen-bond acceptors (Lipinski definition) is 3. The first kappa shape index (κ1) is 33.7. The molecular weight excluding hydrogens is 494 g/mol. The van der Waals surface area contributed by atoms with Gasteiger partial charge in [0.15, 0.2) is 0 Å². The average Bonchev–Trinajstić information content (AvgIpc) is 2.94. The number of nitrogen functional groups attached to an aromatic ring is 2. The number of ether oxygens (including phenoxy) is 1. The number of hydrogen-bond donors (Lipinski definition) is 2. The van der Waals surface area contributed by atoms with E-state index >= 15 is 0 Å². The van der Waals surface area contributed by atoms with E-state index < -0.39 is 0 Å². The second kappa shape index (κ2) is 15.2. The number of nitrogens with two attached hydrogens (primary N) is 2. The Bertz CT molecular complexity index is 1090. The van der Waals surface area contributed by atoms with Gasteiger partial charge in [-0.05, 0) is 79.3 Å². The average molecular weight is 542 g/mol. The van der Waals surface area contributed by atoms with Crippen molar-refractivity contribution in [2.45, 2.75) is 63.1 Å². The highest BCUT2D eigenvalue weighted by molar-refractivity contribution is 8.08. The summed E-state index contributed by atoms with van der Waals surface area (Å²) in [7, 11) is 20.0. The van der Waals surface area contributed by atoms with Crippen LogP contribution in [-0.2, 0) is 0 Å².